The highest BCUT2D eigenvalue weighted by Crippen LogP contribution is 2.28. The summed E-state index contributed by atoms with van der Waals surface area (Å²) in [4.78, 5) is 17.2. The maximum Gasteiger partial charge on any atom is 0.255 e. The van der Waals surface area contributed by atoms with Crippen LogP contribution in [0.25, 0.3) is 33.7 Å². The molecule has 1 N–H and O–H groups in total. The van der Waals surface area contributed by atoms with Gasteiger partial charge in [0, 0.05) is 21.8 Å². The summed E-state index contributed by atoms with van der Waals surface area (Å²) in [5.41, 5.74) is 6.57. The van der Waals surface area contributed by atoms with Crippen LogP contribution in [0.4, 0.5) is 5.69 Å². The first-order valence-electron chi connectivity index (χ1n) is 10.2. The molecule has 5 heteroatoms. The average molecular weight is 439 g/mol. The Morgan fingerprint density at radius 2 is 1.56 bits per heavy atom. The zero-order chi connectivity index (χ0) is 22.1. The summed E-state index contributed by atoms with van der Waals surface area (Å²) in [6, 6.07) is 28.9. The zero-order valence-corrected chi connectivity index (χ0v) is 18.1. The van der Waals surface area contributed by atoms with E-state index in [2.05, 4.69) is 34.6 Å². The predicted octanol–water partition coefficient (Wildman–Crippen LogP) is 7.38. The van der Waals surface area contributed by atoms with E-state index in [0.29, 0.717) is 33.3 Å². The number of oxazole rings is 1. The highest BCUT2D eigenvalue weighted by molar-refractivity contribution is 6.31. The van der Waals surface area contributed by atoms with Gasteiger partial charge in [-0.1, -0.05) is 60.1 Å². The number of carbonyl (C=O) groups excluding carboxylic acids is 1. The molecule has 1 heterocycles. The van der Waals surface area contributed by atoms with Gasteiger partial charge in [-0.3, -0.25) is 4.79 Å². The fourth-order valence-electron chi connectivity index (χ4n) is 3.50. The molecule has 1 aromatic heterocycles. The summed E-state index contributed by atoms with van der Waals surface area (Å²) in [7, 11) is 0. The van der Waals surface area contributed by atoms with Crippen molar-refractivity contribution in [2.24, 2.45) is 0 Å². The van der Waals surface area contributed by atoms with E-state index in [1.807, 2.05) is 49.4 Å². The van der Waals surface area contributed by atoms with Crippen LogP contribution in [0, 0.1) is 6.92 Å². The molecule has 0 aliphatic carbocycles. The molecule has 5 rings (SSSR count). The lowest BCUT2D eigenvalue weighted by molar-refractivity contribution is 0.102. The molecule has 5 aromatic rings. The Kier molecular flexibility index (Phi) is 5.21. The van der Waals surface area contributed by atoms with E-state index in [4.69, 9.17) is 16.0 Å². The summed E-state index contributed by atoms with van der Waals surface area (Å²) in [5, 5.41) is 3.45. The fraction of sp³-hybridized carbons (Fsp3) is 0.0370. The molecule has 1 amide bonds. The second kappa shape index (κ2) is 8.33. The Labute approximate surface area is 190 Å². The van der Waals surface area contributed by atoms with E-state index in [-0.39, 0.29) is 5.91 Å². The van der Waals surface area contributed by atoms with Crippen molar-refractivity contribution in [2.45, 2.75) is 6.92 Å². The van der Waals surface area contributed by atoms with Crippen molar-refractivity contribution in [1.29, 1.82) is 0 Å². The number of carbonyl (C=O) groups is 1. The van der Waals surface area contributed by atoms with Crippen LogP contribution in [0.3, 0.4) is 0 Å². The minimum atomic E-state index is -0.230. The number of hydrogen-bond acceptors (Lipinski definition) is 3. The van der Waals surface area contributed by atoms with Crippen LogP contribution < -0.4 is 5.32 Å². The van der Waals surface area contributed by atoms with E-state index in [1.165, 1.54) is 0 Å². The summed E-state index contributed by atoms with van der Waals surface area (Å²) in [5.74, 6) is 0.305. The van der Waals surface area contributed by atoms with Gasteiger partial charge in [0.25, 0.3) is 5.91 Å². The van der Waals surface area contributed by atoms with Gasteiger partial charge in [-0.15, -0.1) is 0 Å². The number of rotatable bonds is 4. The van der Waals surface area contributed by atoms with Crippen LogP contribution in [-0.4, -0.2) is 10.9 Å². The van der Waals surface area contributed by atoms with Crippen LogP contribution in [0.15, 0.2) is 95.4 Å². The van der Waals surface area contributed by atoms with Crippen LogP contribution in [0.2, 0.25) is 5.02 Å². The summed E-state index contributed by atoms with van der Waals surface area (Å²) >= 11 is 6.14. The standard InChI is InChI=1S/C27H19ClN2O2/c1-17-7-8-21(15-23(17)28)26(31)29-22-13-14-25-24(16-22)30-27(32-25)20-11-9-19(10-12-20)18-5-3-2-4-6-18/h2-16H,1H3,(H,29,31). The van der Waals surface area contributed by atoms with Gasteiger partial charge in [0.15, 0.2) is 5.58 Å². The number of amides is 1. The minimum Gasteiger partial charge on any atom is -0.436 e. The number of aromatic nitrogens is 1. The summed E-state index contributed by atoms with van der Waals surface area (Å²) in [6.45, 7) is 1.90. The molecular weight excluding hydrogens is 420 g/mol. The van der Waals surface area contributed by atoms with Gasteiger partial charge in [0.2, 0.25) is 5.89 Å². The molecule has 156 valence electrons. The third-order valence-electron chi connectivity index (χ3n) is 5.32. The van der Waals surface area contributed by atoms with E-state index >= 15 is 0 Å². The molecule has 0 aliphatic heterocycles. The van der Waals surface area contributed by atoms with Crippen molar-refractivity contribution >= 4 is 34.3 Å². The Balaban J connectivity index is 1.38. The third kappa shape index (κ3) is 4.01. The number of benzene rings is 4. The van der Waals surface area contributed by atoms with Crippen molar-refractivity contribution < 1.29 is 9.21 Å². The lowest BCUT2D eigenvalue weighted by Gasteiger charge is -2.06. The Morgan fingerprint density at radius 3 is 2.31 bits per heavy atom. The van der Waals surface area contributed by atoms with Gasteiger partial charge in [0.05, 0.1) is 0 Å². The van der Waals surface area contributed by atoms with Gasteiger partial charge in [-0.05, 0) is 66.1 Å². The van der Waals surface area contributed by atoms with Gasteiger partial charge < -0.3 is 9.73 Å². The average Bonchev–Trinajstić information content (AvgIpc) is 3.25. The lowest BCUT2D eigenvalue weighted by atomic mass is 10.0. The number of anilines is 1. The fourth-order valence-corrected chi connectivity index (χ4v) is 3.68. The van der Waals surface area contributed by atoms with E-state index in [1.54, 1.807) is 24.3 Å². The number of nitrogens with one attached hydrogen (secondary N) is 1. The van der Waals surface area contributed by atoms with Gasteiger partial charge in [-0.25, -0.2) is 4.98 Å². The molecule has 4 nitrogen and oxygen atoms in total. The van der Waals surface area contributed by atoms with Crippen molar-refractivity contribution in [3.05, 3.63) is 107 Å². The van der Waals surface area contributed by atoms with Crippen LogP contribution >= 0.6 is 11.6 Å². The van der Waals surface area contributed by atoms with Crippen LogP contribution in [-0.2, 0) is 0 Å². The Morgan fingerprint density at radius 1 is 0.844 bits per heavy atom. The lowest BCUT2D eigenvalue weighted by Crippen LogP contribution is -2.11. The second-order valence-corrected chi connectivity index (χ2v) is 7.97. The first-order valence-corrected chi connectivity index (χ1v) is 10.6. The monoisotopic (exact) mass is 438 g/mol. The Bertz CT molecular complexity index is 1420. The first kappa shape index (κ1) is 20.0. The largest absolute Gasteiger partial charge is 0.436 e. The Hall–Kier alpha value is -3.89. The van der Waals surface area contributed by atoms with Crippen molar-refractivity contribution in [3.63, 3.8) is 0 Å². The van der Waals surface area contributed by atoms with Crippen LogP contribution in [0.1, 0.15) is 15.9 Å². The van der Waals surface area contributed by atoms with Crippen molar-refractivity contribution in [1.82, 2.24) is 4.98 Å². The normalized spacial score (nSPS) is 10.9. The SMILES string of the molecule is Cc1ccc(C(=O)Nc2ccc3oc(-c4ccc(-c5ccccc5)cc4)nc3c2)cc1Cl. The molecule has 32 heavy (non-hydrogen) atoms. The molecule has 0 spiro atoms. The van der Waals surface area contributed by atoms with Gasteiger partial charge >= 0.3 is 0 Å². The molecule has 0 aliphatic rings. The number of aryl methyl sites for hydroxylation is 1. The highest BCUT2D eigenvalue weighted by Gasteiger charge is 2.12. The molecule has 0 saturated carbocycles. The number of hydrogen-bond donors (Lipinski definition) is 1. The molecule has 0 bridgehead atoms. The van der Waals surface area contributed by atoms with Crippen molar-refractivity contribution in [3.8, 4) is 22.6 Å². The molecule has 0 unspecified atom stereocenters. The second-order valence-electron chi connectivity index (χ2n) is 7.56. The smallest absolute Gasteiger partial charge is 0.255 e. The molecule has 4 aromatic carbocycles. The number of halogens is 1. The highest BCUT2D eigenvalue weighted by atomic mass is 35.5. The van der Waals surface area contributed by atoms with Gasteiger partial charge in [0.1, 0.15) is 5.52 Å². The van der Waals surface area contributed by atoms with E-state index in [9.17, 15) is 4.79 Å². The van der Waals surface area contributed by atoms with Gasteiger partial charge in [-0.2, -0.15) is 0 Å². The topological polar surface area (TPSA) is 55.1 Å². The molecule has 0 fully saturated rings. The quantitative estimate of drug-likeness (QED) is 0.318. The summed E-state index contributed by atoms with van der Waals surface area (Å²) < 4.78 is 5.93. The predicted molar refractivity (Wildman–Crippen MR) is 129 cm³/mol. The van der Waals surface area contributed by atoms with Crippen molar-refractivity contribution in [2.75, 3.05) is 5.32 Å². The molecule has 0 radical (unpaired) electrons. The molecule has 0 saturated heterocycles. The third-order valence-corrected chi connectivity index (χ3v) is 5.73. The maximum atomic E-state index is 12.6. The summed E-state index contributed by atoms with van der Waals surface area (Å²) in [6.07, 6.45) is 0. The number of nitrogens with zero attached hydrogens (tertiary/aromatic N) is 1. The first-order chi connectivity index (χ1) is 15.6. The van der Waals surface area contributed by atoms with E-state index in [0.717, 1.165) is 22.3 Å². The van der Waals surface area contributed by atoms with Crippen LogP contribution in [0.5, 0.6) is 0 Å². The molecule has 0 atom stereocenters. The molecular formula is C27H19ClN2O2. The number of fused-ring (bicyclic) bond motifs is 1. The zero-order valence-electron chi connectivity index (χ0n) is 17.3. The van der Waals surface area contributed by atoms with E-state index < -0.39 is 0 Å². The maximum absolute atomic E-state index is 12.6. The minimum absolute atomic E-state index is 0.230.